The molecule has 0 radical (unpaired) electrons. The Hall–Kier alpha value is -2.33. The highest BCUT2D eigenvalue weighted by molar-refractivity contribution is 6.03. The maximum Gasteiger partial charge on any atom is 0.231 e. The molecule has 0 fully saturated rings. The number of carbonyl (C=O) groups excluding carboxylic acids is 1. The Kier molecular flexibility index (Phi) is 3.62. The quantitative estimate of drug-likeness (QED) is 0.914. The third-order valence-corrected chi connectivity index (χ3v) is 4.33. The van der Waals surface area contributed by atoms with E-state index in [-0.39, 0.29) is 17.9 Å². The van der Waals surface area contributed by atoms with Crippen molar-refractivity contribution in [1.82, 2.24) is 0 Å². The van der Waals surface area contributed by atoms with E-state index in [2.05, 4.69) is 5.32 Å². The van der Waals surface area contributed by atoms with E-state index in [1.165, 1.54) is 0 Å². The molecule has 114 valence electrons. The molecule has 3 rings (SSSR count). The number of fused-ring (bicyclic) bond motifs is 1. The molecule has 0 saturated heterocycles. The van der Waals surface area contributed by atoms with Gasteiger partial charge in [0.15, 0.2) is 0 Å². The molecule has 0 bridgehead atoms. The summed E-state index contributed by atoms with van der Waals surface area (Å²) in [4.78, 5) is 11.8. The third-order valence-electron chi connectivity index (χ3n) is 4.33. The fourth-order valence-electron chi connectivity index (χ4n) is 2.91. The van der Waals surface area contributed by atoms with Gasteiger partial charge in [-0.2, -0.15) is 0 Å². The second-order valence-electron chi connectivity index (χ2n) is 5.76. The van der Waals surface area contributed by atoms with Gasteiger partial charge in [0.25, 0.3) is 0 Å². The lowest BCUT2D eigenvalue weighted by Crippen LogP contribution is -2.12. The third kappa shape index (κ3) is 2.35. The van der Waals surface area contributed by atoms with Crippen molar-refractivity contribution in [2.45, 2.75) is 25.8 Å². The van der Waals surface area contributed by atoms with Crippen LogP contribution in [-0.2, 0) is 4.79 Å². The van der Waals surface area contributed by atoms with Crippen LogP contribution >= 0.6 is 0 Å². The minimum Gasteiger partial charge on any atom is -0.497 e. The van der Waals surface area contributed by atoms with E-state index in [0.717, 1.165) is 33.7 Å². The largest absolute Gasteiger partial charge is 0.497 e. The molecule has 2 atom stereocenters. The lowest BCUT2D eigenvalue weighted by molar-refractivity contribution is -0.116. The molecule has 2 aromatic rings. The lowest BCUT2D eigenvalue weighted by atomic mass is 9.92. The Labute approximate surface area is 130 Å². The van der Waals surface area contributed by atoms with Gasteiger partial charge in [0.05, 0.1) is 19.1 Å². The number of ether oxygens (including phenoxy) is 1. The van der Waals surface area contributed by atoms with E-state index >= 15 is 0 Å². The number of nitrogens with two attached hydrogens (primary N) is 1. The van der Waals surface area contributed by atoms with Crippen LogP contribution in [-0.4, -0.2) is 13.0 Å². The van der Waals surface area contributed by atoms with Gasteiger partial charge < -0.3 is 15.8 Å². The zero-order chi connectivity index (χ0) is 15.9. The Balaban J connectivity index is 1.98. The molecule has 22 heavy (non-hydrogen) atoms. The molecule has 1 aliphatic rings. The normalized spacial score (nSPS) is 17.8. The number of nitrogens with one attached hydrogen (secondary N) is 1. The molecule has 2 aromatic carbocycles. The number of rotatable bonds is 3. The summed E-state index contributed by atoms with van der Waals surface area (Å²) in [6, 6.07) is 11.6. The van der Waals surface area contributed by atoms with E-state index in [4.69, 9.17) is 10.5 Å². The van der Waals surface area contributed by atoms with E-state index in [0.29, 0.717) is 0 Å². The van der Waals surface area contributed by atoms with Crippen LogP contribution in [0.1, 0.15) is 41.1 Å². The Bertz CT molecular complexity index is 723. The smallest absolute Gasteiger partial charge is 0.231 e. The fraction of sp³-hybridized carbons (Fsp3) is 0.278. The number of anilines is 1. The summed E-state index contributed by atoms with van der Waals surface area (Å²) in [5, 5.41) is 2.94. The van der Waals surface area contributed by atoms with E-state index in [9.17, 15) is 4.79 Å². The second-order valence-corrected chi connectivity index (χ2v) is 5.76. The first-order chi connectivity index (χ1) is 10.5. The number of amides is 1. The lowest BCUT2D eigenvalue weighted by Gasteiger charge is -2.16. The minimum atomic E-state index is -0.224. The monoisotopic (exact) mass is 296 g/mol. The summed E-state index contributed by atoms with van der Waals surface area (Å²) in [7, 11) is 1.64. The number of methoxy groups -OCH3 is 1. The predicted octanol–water partition coefficient (Wildman–Crippen LogP) is 3.11. The topological polar surface area (TPSA) is 64.3 Å². The van der Waals surface area contributed by atoms with Crippen LogP contribution in [0.25, 0.3) is 0 Å². The molecule has 1 amide bonds. The van der Waals surface area contributed by atoms with Crippen molar-refractivity contribution in [3.8, 4) is 5.75 Å². The first-order valence-electron chi connectivity index (χ1n) is 7.36. The maximum absolute atomic E-state index is 11.8. The molecule has 2 unspecified atom stereocenters. The molecule has 0 aliphatic carbocycles. The van der Waals surface area contributed by atoms with E-state index in [1.54, 1.807) is 7.11 Å². The molecular formula is C18H20N2O2. The maximum atomic E-state index is 11.8. The van der Waals surface area contributed by atoms with Crippen LogP contribution in [0.4, 0.5) is 5.69 Å². The summed E-state index contributed by atoms with van der Waals surface area (Å²) in [5.74, 6) is 0.731. The SMILES string of the molecule is COc1ccc(C(N)c2cc(C)c3c(c2)C(C)C(=O)N3)cc1. The number of hydrogen-bond acceptors (Lipinski definition) is 3. The Morgan fingerprint density at radius 1 is 1.18 bits per heavy atom. The van der Waals surface area contributed by atoms with Gasteiger partial charge in [-0.1, -0.05) is 24.3 Å². The summed E-state index contributed by atoms with van der Waals surface area (Å²) in [6.45, 7) is 3.92. The molecule has 0 spiro atoms. The van der Waals surface area contributed by atoms with Crippen molar-refractivity contribution >= 4 is 11.6 Å². The highest BCUT2D eigenvalue weighted by Crippen LogP contribution is 2.37. The van der Waals surface area contributed by atoms with Gasteiger partial charge in [-0.15, -0.1) is 0 Å². The first-order valence-corrected chi connectivity index (χ1v) is 7.36. The van der Waals surface area contributed by atoms with Gasteiger partial charge in [-0.05, 0) is 48.2 Å². The predicted molar refractivity (Wildman–Crippen MR) is 87.2 cm³/mol. The molecule has 4 nitrogen and oxygen atoms in total. The highest BCUT2D eigenvalue weighted by atomic mass is 16.5. The van der Waals surface area contributed by atoms with Crippen LogP contribution in [0.2, 0.25) is 0 Å². The number of benzene rings is 2. The van der Waals surface area contributed by atoms with Crippen molar-refractivity contribution in [3.63, 3.8) is 0 Å². The zero-order valence-corrected chi connectivity index (χ0v) is 13.0. The molecule has 1 heterocycles. The average Bonchev–Trinajstić information content (AvgIpc) is 2.83. The van der Waals surface area contributed by atoms with Gasteiger partial charge in [0, 0.05) is 5.69 Å². The zero-order valence-electron chi connectivity index (χ0n) is 13.0. The van der Waals surface area contributed by atoms with Crippen molar-refractivity contribution in [3.05, 3.63) is 58.7 Å². The van der Waals surface area contributed by atoms with Crippen LogP contribution in [0.5, 0.6) is 5.75 Å². The van der Waals surface area contributed by atoms with Gasteiger partial charge in [-0.3, -0.25) is 4.79 Å². The molecule has 4 heteroatoms. The number of aryl methyl sites for hydroxylation is 1. The van der Waals surface area contributed by atoms with Gasteiger partial charge in [0.1, 0.15) is 5.75 Å². The molecule has 0 saturated carbocycles. The number of carbonyl (C=O) groups is 1. The first kappa shape index (κ1) is 14.6. The summed E-state index contributed by atoms with van der Waals surface area (Å²) < 4.78 is 5.17. The molecule has 1 aliphatic heterocycles. The van der Waals surface area contributed by atoms with E-state index in [1.807, 2.05) is 50.2 Å². The molecule has 3 N–H and O–H groups in total. The standard InChI is InChI=1S/C18H20N2O2/c1-10-8-13(9-15-11(2)18(21)20-17(10)15)16(19)12-4-6-14(22-3)7-5-12/h4-9,11,16H,19H2,1-3H3,(H,20,21). The van der Waals surface area contributed by atoms with Crippen molar-refractivity contribution in [1.29, 1.82) is 0 Å². The van der Waals surface area contributed by atoms with Gasteiger partial charge >= 0.3 is 0 Å². The fourth-order valence-corrected chi connectivity index (χ4v) is 2.91. The van der Waals surface area contributed by atoms with Crippen molar-refractivity contribution in [2.24, 2.45) is 5.73 Å². The van der Waals surface area contributed by atoms with Crippen LogP contribution in [0.15, 0.2) is 36.4 Å². The van der Waals surface area contributed by atoms with Crippen LogP contribution in [0, 0.1) is 6.92 Å². The average molecular weight is 296 g/mol. The Morgan fingerprint density at radius 2 is 1.86 bits per heavy atom. The minimum absolute atomic E-state index is 0.0493. The summed E-state index contributed by atoms with van der Waals surface area (Å²) in [5.41, 5.74) is 11.5. The van der Waals surface area contributed by atoms with Crippen molar-refractivity contribution < 1.29 is 9.53 Å². The second kappa shape index (κ2) is 5.46. The van der Waals surface area contributed by atoms with Crippen LogP contribution < -0.4 is 15.8 Å². The molecule has 0 aromatic heterocycles. The molecular weight excluding hydrogens is 276 g/mol. The summed E-state index contributed by atoms with van der Waals surface area (Å²) >= 11 is 0. The number of hydrogen-bond donors (Lipinski definition) is 2. The van der Waals surface area contributed by atoms with E-state index < -0.39 is 0 Å². The van der Waals surface area contributed by atoms with Gasteiger partial charge in [-0.25, -0.2) is 0 Å². The summed E-state index contributed by atoms with van der Waals surface area (Å²) in [6.07, 6.45) is 0. The Morgan fingerprint density at radius 3 is 2.50 bits per heavy atom. The van der Waals surface area contributed by atoms with Gasteiger partial charge in [0.2, 0.25) is 5.91 Å². The van der Waals surface area contributed by atoms with Crippen LogP contribution in [0.3, 0.4) is 0 Å². The van der Waals surface area contributed by atoms with Crippen molar-refractivity contribution in [2.75, 3.05) is 12.4 Å². The highest BCUT2D eigenvalue weighted by Gasteiger charge is 2.28.